The number of nitrogens with one attached hydrogen (secondary N) is 2. The summed E-state index contributed by atoms with van der Waals surface area (Å²) in [6.07, 6.45) is 5.02. The number of fused-ring (bicyclic) bond motifs is 2. The summed E-state index contributed by atoms with van der Waals surface area (Å²) in [6.45, 7) is 6.45. The van der Waals surface area contributed by atoms with E-state index in [0.717, 1.165) is 29.5 Å². The summed E-state index contributed by atoms with van der Waals surface area (Å²) in [5.74, 6) is 0.893. The Bertz CT molecular complexity index is 1120. The first kappa shape index (κ1) is 18.3. The number of pyridine rings is 1. The van der Waals surface area contributed by atoms with Crippen molar-refractivity contribution < 1.29 is 4.39 Å². The van der Waals surface area contributed by atoms with Gasteiger partial charge in [0.15, 0.2) is 11.5 Å². The zero-order valence-electron chi connectivity index (χ0n) is 16.2. The largest absolute Gasteiger partial charge is 0.362 e. The Morgan fingerprint density at radius 1 is 1.14 bits per heavy atom. The number of H-pyrrole nitrogens is 1. The second-order valence-corrected chi connectivity index (χ2v) is 7.27. The first-order chi connectivity index (χ1) is 13.5. The van der Waals surface area contributed by atoms with E-state index in [2.05, 4.69) is 52.1 Å². The standard InChI is InChI=1S/C21H23FN6/c1-4-12(2)7-18-16(8-14-5-6-15(22)9-17(14)28-18)13(3)27-21-19-20(24-10-23-19)25-11-26-21/h5-6,8-13H,4,7H2,1-3H3,(H2,23,24,25,26,27)/t12-,13+/m1/s1. The minimum Gasteiger partial charge on any atom is -0.362 e. The van der Waals surface area contributed by atoms with E-state index in [4.69, 9.17) is 4.98 Å². The van der Waals surface area contributed by atoms with E-state index in [0.29, 0.717) is 28.4 Å². The monoisotopic (exact) mass is 378 g/mol. The molecule has 0 saturated carbocycles. The van der Waals surface area contributed by atoms with Gasteiger partial charge >= 0.3 is 0 Å². The number of hydrogen-bond donors (Lipinski definition) is 2. The number of halogens is 1. The first-order valence-corrected chi connectivity index (χ1v) is 9.54. The topological polar surface area (TPSA) is 79.4 Å². The predicted molar refractivity (Wildman–Crippen MR) is 109 cm³/mol. The lowest BCUT2D eigenvalue weighted by Crippen LogP contribution is -2.14. The molecule has 0 unspecified atom stereocenters. The Kier molecular flexibility index (Phi) is 4.90. The fourth-order valence-electron chi connectivity index (χ4n) is 3.36. The van der Waals surface area contributed by atoms with Crippen LogP contribution in [0.15, 0.2) is 36.9 Å². The second kappa shape index (κ2) is 7.50. The Morgan fingerprint density at radius 2 is 2.00 bits per heavy atom. The predicted octanol–water partition coefficient (Wildman–Crippen LogP) is 4.80. The molecule has 0 radical (unpaired) electrons. The third-order valence-corrected chi connectivity index (χ3v) is 5.17. The molecule has 0 spiro atoms. The molecule has 7 heteroatoms. The van der Waals surface area contributed by atoms with Gasteiger partial charge in [-0.05, 0) is 43.0 Å². The van der Waals surface area contributed by atoms with Crippen LogP contribution >= 0.6 is 0 Å². The van der Waals surface area contributed by atoms with Crippen molar-refractivity contribution >= 4 is 27.9 Å². The van der Waals surface area contributed by atoms with Crippen molar-refractivity contribution in [3.63, 3.8) is 0 Å². The lowest BCUT2D eigenvalue weighted by Gasteiger charge is -2.20. The molecular formula is C21H23FN6. The molecule has 4 rings (SSSR count). The molecule has 1 aromatic carbocycles. The summed E-state index contributed by atoms with van der Waals surface area (Å²) in [5, 5.41) is 4.37. The van der Waals surface area contributed by atoms with Crippen LogP contribution in [0.2, 0.25) is 0 Å². The smallest absolute Gasteiger partial charge is 0.162 e. The number of aromatic nitrogens is 5. The number of imidazole rings is 1. The average Bonchev–Trinajstić information content (AvgIpc) is 3.17. The van der Waals surface area contributed by atoms with Crippen molar-refractivity contribution in [3.8, 4) is 0 Å². The quantitative estimate of drug-likeness (QED) is 0.504. The molecule has 0 aliphatic heterocycles. The molecule has 0 aliphatic carbocycles. The van der Waals surface area contributed by atoms with Crippen molar-refractivity contribution in [2.75, 3.05) is 5.32 Å². The van der Waals surface area contributed by atoms with Gasteiger partial charge < -0.3 is 10.3 Å². The molecule has 144 valence electrons. The Morgan fingerprint density at radius 3 is 2.82 bits per heavy atom. The maximum absolute atomic E-state index is 13.7. The zero-order chi connectivity index (χ0) is 19.7. The molecular weight excluding hydrogens is 355 g/mol. The highest BCUT2D eigenvalue weighted by atomic mass is 19.1. The molecule has 3 heterocycles. The molecule has 6 nitrogen and oxygen atoms in total. The normalized spacial score (nSPS) is 13.7. The van der Waals surface area contributed by atoms with Crippen LogP contribution in [0.5, 0.6) is 0 Å². The lowest BCUT2D eigenvalue weighted by molar-refractivity contribution is 0.549. The molecule has 2 N–H and O–H groups in total. The number of nitrogens with zero attached hydrogens (tertiary/aromatic N) is 4. The van der Waals surface area contributed by atoms with Gasteiger partial charge in [0.25, 0.3) is 0 Å². The molecule has 0 amide bonds. The second-order valence-electron chi connectivity index (χ2n) is 7.27. The highest BCUT2D eigenvalue weighted by molar-refractivity contribution is 5.83. The lowest BCUT2D eigenvalue weighted by atomic mass is 9.95. The van der Waals surface area contributed by atoms with Crippen LogP contribution in [-0.2, 0) is 6.42 Å². The summed E-state index contributed by atoms with van der Waals surface area (Å²) < 4.78 is 13.7. The first-order valence-electron chi connectivity index (χ1n) is 9.54. The molecule has 3 aromatic heterocycles. The van der Waals surface area contributed by atoms with E-state index < -0.39 is 0 Å². The van der Waals surface area contributed by atoms with Crippen molar-refractivity contribution in [2.24, 2.45) is 5.92 Å². The maximum atomic E-state index is 13.7. The summed E-state index contributed by atoms with van der Waals surface area (Å²) in [5.41, 5.74) is 4.15. The van der Waals surface area contributed by atoms with Gasteiger partial charge in [0.2, 0.25) is 0 Å². The minimum atomic E-state index is -0.268. The van der Waals surface area contributed by atoms with Crippen LogP contribution in [0.1, 0.15) is 44.5 Å². The van der Waals surface area contributed by atoms with E-state index in [9.17, 15) is 4.39 Å². The maximum Gasteiger partial charge on any atom is 0.162 e. The van der Waals surface area contributed by atoms with E-state index in [-0.39, 0.29) is 11.9 Å². The van der Waals surface area contributed by atoms with Crippen molar-refractivity contribution in [1.82, 2.24) is 24.9 Å². The number of benzene rings is 1. The average molecular weight is 378 g/mol. The van der Waals surface area contributed by atoms with Gasteiger partial charge in [-0.25, -0.2) is 19.3 Å². The van der Waals surface area contributed by atoms with Crippen LogP contribution in [0.3, 0.4) is 0 Å². The Balaban J connectivity index is 1.75. The van der Waals surface area contributed by atoms with Crippen LogP contribution < -0.4 is 5.32 Å². The van der Waals surface area contributed by atoms with Gasteiger partial charge in [-0.15, -0.1) is 0 Å². The summed E-state index contributed by atoms with van der Waals surface area (Å²) in [6, 6.07) is 6.79. The van der Waals surface area contributed by atoms with Gasteiger partial charge in [0.1, 0.15) is 17.7 Å². The molecule has 0 fully saturated rings. The van der Waals surface area contributed by atoms with E-state index >= 15 is 0 Å². The van der Waals surface area contributed by atoms with Gasteiger partial charge in [0.05, 0.1) is 17.9 Å². The third kappa shape index (κ3) is 3.52. The van der Waals surface area contributed by atoms with Crippen molar-refractivity contribution in [2.45, 2.75) is 39.7 Å². The van der Waals surface area contributed by atoms with Crippen LogP contribution in [-0.4, -0.2) is 24.9 Å². The van der Waals surface area contributed by atoms with E-state index in [1.807, 2.05) is 0 Å². The summed E-state index contributed by atoms with van der Waals surface area (Å²) in [4.78, 5) is 20.6. The molecule has 2 atom stereocenters. The van der Waals surface area contributed by atoms with Crippen LogP contribution in [0.25, 0.3) is 22.1 Å². The molecule has 0 bridgehead atoms. The van der Waals surface area contributed by atoms with Gasteiger partial charge in [-0.2, -0.15) is 0 Å². The Labute approximate surface area is 162 Å². The van der Waals surface area contributed by atoms with E-state index in [1.54, 1.807) is 12.4 Å². The van der Waals surface area contributed by atoms with Crippen molar-refractivity contribution in [3.05, 3.63) is 54.0 Å². The molecule has 4 aromatic rings. The van der Waals surface area contributed by atoms with Crippen LogP contribution in [0.4, 0.5) is 10.2 Å². The van der Waals surface area contributed by atoms with Crippen molar-refractivity contribution in [1.29, 1.82) is 0 Å². The highest BCUT2D eigenvalue weighted by Crippen LogP contribution is 2.28. The van der Waals surface area contributed by atoms with Crippen LogP contribution in [0, 0.1) is 11.7 Å². The number of rotatable bonds is 6. The van der Waals surface area contributed by atoms with Gasteiger partial charge in [-0.3, -0.25) is 4.98 Å². The SMILES string of the molecule is CC[C@@H](C)Cc1nc2cc(F)ccc2cc1[C@H](C)Nc1ncnc2[nH]cnc12. The highest BCUT2D eigenvalue weighted by Gasteiger charge is 2.18. The molecule has 0 aliphatic rings. The summed E-state index contributed by atoms with van der Waals surface area (Å²) in [7, 11) is 0. The fourth-order valence-corrected chi connectivity index (χ4v) is 3.36. The third-order valence-electron chi connectivity index (χ3n) is 5.17. The minimum absolute atomic E-state index is 0.0455. The number of anilines is 1. The van der Waals surface area contributed by atoms with E-state index in [1.165, 1.54) is 18.5 Å². The van der Waals surface area contributed by atoms with Gasteiger partial charge in [-0.1, -0.05) is 20.3 Å². The number of hydrogen-bond acceptors (Lipinski definition) is 5. The molecule has 28 heavy (non-hydrogen) atoms. The molecule has 0 saturated heterocycles. The fraction of sp³-hybridized carbons (Fsp3) is 0.333. The zero-order valence-corrected chi connectivity index (χ0v) is 16.2. The summed E-state index contributed by atoms with van der Waals surface area (Å²) >= 11 is 0. The number of aromatic amines is 1. The van der Waals surface area contributed by atoms with Gasteiger partial charge in [0, 0.05) is 17.1 Å². The Hall–Kier alpha value is -3.09.